The molecule has 27 heavy (non-hydrogen) atoms. The van der Waals surface area contributed by atoms with Crippen molar-refractivity contribution in [3.05, 3.63) is 56.2 Å². The molecule has 1 saturated heterocycles. The zero-order chi connectivity index (χ0) is 18.8. The van der Waals surface area contributed by atoms with Crippen LogP contribution in [-0.4, -0.2) is 30.1 Å². The normalized spacial score (nSPS) is 15.1. The Morgan fingerprint density at radius 1 is 1.22 bits per heavy atom. The van der Waals surface area contributed by atoms with E-state index in [-0.39, 0.29) is 10.6 Å². The fourth-order valence-electron chi connectivity index (χ4n) is 3.45. The van der Waals surface area contributed by atoms with Crippen molar-refractivity contribution in [2.45, 2.75) is 18.8 Å². The smallest absolute Gasteiger partial charge is 0.303 e. The fraction of sp³-hybridized carbons (Fsp3) is 0.316. The molecule has 140 valence electrons. The molecule has 2 aromatic heterocycles. The third-order valence-corrected chi connectivity index (χ3v) is 6.83. The van der Waals surface area contributed by atoms with Crippen molar-refractivity contribution >= 4 is 33.4 Å². The largest absolute Gasteiger partial charge is 0.496 e. The minimum absolute atomic E-state index is 0.214. The molecule has 1 fully saturated rings. The van der Waals surface area contributed by atoms with Gasteiger partial charge in [0.25, 0.3) is 0 Å². The van der Waals surface area contributed by atoms with Crippen molar-refractivity contribution < 1.29 is 9.66 Å². The van der Waals surface area contributed by atoms with Crippen LogP contribution in [0.2, 0.25) is 0 Å². The maximum atomic E-state index is 11.2. The van der Waals surface area contributed by atoms with Crippen LogP contribution in [0, 0.1) is 10.1 Å². The summed E-state index contributed by atoms with van der Waals surface area (Å²) in [6.07, 6.45) is 1.90. The van der Waals surface area contributed by atoms with Gasteiger partial charge in [-0.1, -0.05) is 12.1 Å². The number of nitrogens with zero attached hydrogens (tertiary/aromatic N) is 3. The number of thiazole rings is 1. The highest BCUT2D eigenvalue weighted by atomic mass is 32.1. The third-order valence-electron chi connectivity index (χ3n) is 4.86. The SMILES string of the molecule is COc1ccccc1-c1csc(C2CCN(c3sccc3[N+](=O)[O-])CC2)n1. The predicted molar refractivity (Wildman–Crippen MR) is 109 cm³/mol. The van der Waals surface area contributed by atoms with Gasteiger partial charge in [0, 0.05) is 36.0 Å². The molecule has 1 aromatic carbocycles. The van der Waals surface area contributed by atoms with Crippen LogP contribution in [0.4, 0.5) is 10.7 Å². The summed E-state index contributed by atoms with van der Waals surface area (Å²) in [4.78, 5) is 17.9. The first-order chi connectivity index (χ1) is 13.2. The van der Waals surface area contributed by atoms with Crippen LogP contribution in [0.3, 0.4) is 0 Å². The first-order valence-corrected chi connectivity index (χ1v) is 10.5. The monoisotopic (exact) mass is 401 g/mol. The lowest BCUT2D eigenvalue weighted by molar-refractivity contribution is -0.383. The fourth-order valence-corrected chi connectivity index (χ4v) is 5.37. The number of piperidine rings is 1. The maximum Gasteiger partial charge on any atom is 0.303 e. The zero-order valence-electron chi connectivity index (χ0n) is 14.8. The Hall–Kier alpha value is -2.45. The summed E-state index contributed by atoms with van der Waals surface area (Å²) in [5.74, 6) is 1.22. The quantitative estimate of drug-likeness (QED) is 0.436. The van der Waals surface area contributed by atoms with E-state index in [1.54, 1.807) is 29.9 Å². The minimum Gasteiger partial charge on any atom is -0.496 e. The lowest BCUT2D eigenvalue weighted by atomic mass is 9.97. The highest BCUT2D eigenvalue weighted by molar-refractivity contribution is 7.14. The molecule has 0 saturated carbocycles. The number of anilines is 1. The Morgan fingerprint density at radius 3 is 2.74 bits per heavy atom. The summed E-state index contributed by atoms with van der Waals surface area (Å²) in [5.41, 5.74) is 2.17. The van der Waals surface area contributed by atoms with Gasteiger partial charge in [-0.05, 0) is 30.4 Å². The van der Waals surface area contributed by atoms with Gasteiger partial charge >= 0.3 is 5.69 Å². The van der Waals surface area contributed by atoms with E-state index in [0.29, 0.717) is 5.92 Å². The molecule has 0 bridgehead atoms. The Morgan fingerprint density at radius 2 is 2.00 bits per heavy atom. The molecule has 0 N–H and O–H groups in total. The van der Waals surface area contributed by atoms with Gasteiger partial charge < -0.3 is 9.64 Å². The molecule has 3 aromatic rings. The first-order valence-electron chi connectivity index (χ1n) is 8.73. The van der Waals surface area contributed by atoms with Crippen LogP contribution >= 0.6 is 22.7 Å². The first kappa shape index (κ1) is 17.9. The molecule has 0 atom stereocenters. The van der Waals surface area contributed by atoms with Gasteiger partial charge in [-0.15, -0.1) is 22.7 Å². The van der Waals surface area contributed by atoms with Crippen LogP contribution in [0.5, 0.6) is 5.75 Å². The second kappa shape index (κ2) is 7.66. The summed E-state index contributed by atoms with van der Waals surface area (Å²) < 4.78 is 5.44. The van der Waals surface area contributed by atoms with Crippen molar-refractivity contribution in [1.29, 1.82) is 0 Å². The molecule has 6 nitrogen and oxygen atoms in total. The lowest BCUT2D eigenvalue weighted by Crippen LogP contribution is -2.32. The Bertz CT molecular complexity index is 945. The van der Waals surface area contributed by atoms with Gasteiger partial charge in [-0.25, -0.2) is 4.98 Å². The Kier molecular flexibility index (Phi) is 5.09. The molecule has 0 aliphatic carbocycles. The Labute approximate surface area is 165 Å². The molecule has 8 heteroatoms. The third kappa shape index (κ3) is 3.54. The second-order valence-electron chi connectivity index (χ2n) is 6.40. The summed E-state index contributed by atoms with van der Waals surface area (Å²) in [5, 5.41) is 17.0. The molecule has 1 aliphatic heterocycles. The van der Waals surface area contributed by atoms with Crippen LogP contribution in [0.25, 0.3) is 11.3 Å². The number of thiophene rings is 1. The molecule has 4 rings (SSSR count). The molecule has 0 radical (unpaired) electrons. The van der Waals surface area contributed by atoms with Gasteiger partial charge in [-0.3, -0.25) is 10.1 Å². The average Bonchev–Trinajstić information content (AvgIpc) is 3.38. The number of para-hydroxylation sites is 1. The molecule has 0 unspecified atom stereocenters. The van der Waals surface area contributed by atoms with E-state index in [9.17, 15) is 10.1 Å². The number of aromatic nitrogens is 1. The molecule has 1 aliphatic rings. The van der Waals surface area contributed by atoms with Crippen LogP contribution in [0.1, 0.15) is 23.8 Å². The van der Waals surface area contributed by atoms with Crippen LogP contribution in [0.15, 0.2) is 41.1 Å². The van der Waals surface area contributed by atoms with Gasteiger partial charge in [0.2, 0.25) is 0 Å². The summed E-state index contributed by atoms with van der Waals surface area (Å²) in [6.45, 7) is 1.63. The topological polar surface area (TPSA) is 68.5 Å². The highest BCUT2D eigenvalue weighted by Crippen LogP contribution is 2.40. The van der Waals surface area contributed by atoms with E-state index < -0.39 is 0 Å². The number of hydrogen-bond acceptors (Lipinski definition) is 7. The minimum atomic E-state index is -0.293. The standard InChI is InChI=1S/C19H19N3O3S2/c1-25-17-5-3-2-4-14(17)15-12-27-18(20-15)13-6-9-21(10-7-13)19-16(22(23)24)8-11-26-19/h2-5,8,11-13H,6-7,9-10H2,1H3. The molecular formula is C19H19N3O3S2. The second-order valence-corrected chi connectivity index (χ2v) is 8.18. The van der Waals surface area contributed by atoms with Gasteiger partial charge in [0.15, 0.2) is 5.00 Å². The molecule has 0 amide bonds. The zero-order valence-corrected chi connectivity index (χ0v) is 16.5. The van der Waals surface area contributed by atoms with Crippen molar-refractivity contribution in [2.75, 3.05) is 25.1 Å². The Balaban J connectivity index is 1.47. The van der Waals surface area contributed by atoms with E-state index in [0.717, 1.165) is 52.9 Å². The van der Waals surface area contributed by atoms with Crippen molar-refractivity contribution in [2.24, 2.45) is 0 Å². The van der Waals surface area contributed by atoms with Crippen LogP contribution < -0.4 is 9.64 Å². The number of rotatable bonds is 5. The summed E-state index contributed by atoms with van der Waals surface area (Å²) in [6, 6.07) is 9.50. The number of methoxy groups -OCH3 is 1. The number of benzene rings is 1. The van der Waals surface area contributed by atoms with Gasteiger partial charge in [0.1, 0.15) is 5.75 Å². The van der Waals surface area contributed by atoms with Crippen molar-refractivity contribution in [3.8, 4) is 17.0 Å². The maximum absolute atomic E-state index is 11.2. The van der Waals surface area contributed by atoms with Crippen molar-refractivity contribution in [1.82, 2.24) is 4.98 Å². The lowest BCUT2D eigenvalue weighted by Gasteiger charge is -2.31. The van der Waals surface area contributed by atoms with Crippen LogP contribution in [-0.2, 0) is 0 Å². The predicted octanol–water partition coefficient (Wildman–Crippen LogP) is 5.17. The van der Waals surface area contributed by atoms with E-state index in [1.807, 2.05) is 24.3 Å². The van der Waals surface area contributed by atoms with E-state index in [4.69, 9.17) is 9.72 Å². The number of hydrogen-bond donors (Lipinski definition) is 0. The number of ether oxygens (including phenoxy) is 1. The molecule has 3 heterocycles. The van der Waals surface area contributed by atoms with E-state index in [2.05, 4.69) is 10.3 Å². The van der Waals surface area contributed by atoms with E-state index in [1.165, 1.54) is 11.3 Å². The summed E-state index contributed by atoms with van der Waals surface area (Å²) in [7, 11) is 1.67. The highest BCUT2D eigenvalue weighted by Gasteiger charge is 2.28. The summed E-state index contributed by atoms with van der Waals surface area (Å²) >= 11 is 3.13. The van der Waals surface area contributed by atoms with Crippen molar-refractivity contribution in [3.63, 3.8) is 0 Å². The molecule has 0 spiro atoms. The van der Waals surface area contributed by atoms with Gasteiger partial charge in [0.05, 0.1) is 22.7 Å². The van der Waals surface area contributed by atoms with E-state index >= 15 is 0 Å². The number of nitro groups is 1. The average molecular weight is 402 g/mol. The molecular weight excluding hydrogens is 382 g/mol. The van der Waals surface area contributed by atoms with Gasteiger partial charge in [-0.2, -0.15) is 0 Å².